The first-order valence-corrected chi connectivity index (χ1v) is 12.6. The number of carbonyl (C=O) groups excluding carboxylic acids is 2. The molecule has 2 saturated carbocycles. The molecule has 35 heavy (non-hydrogen) atoms. The van der Waals surface area contributed by atoms with Gasteiger partial charge in [0, 0.05) is 25.6 Å². The molecule has 7 unspecified atom stereocenters. The Balaban J connectivity index is 1.65. The summed E-state index contributed by atoms with van der Waals surface area (Å²) >= 11 is 0. The molecule has 8 nitrogen and oxygen atoms in total. The number of carbonyl (C=O) groups is 2. The number of rotatable bonds is 9. The van der Waals surface area contributed by atoms with Gasteiger partial charge >= 0.3 is 0 Å². The Labute approximate surface area is 209 Å². The molecule has 0 bridgehead atoms. The van der Waals surface area contributed by atoms with Gasteiger partial charge in [0.25, 0.3) is 0 Å². The summed E-state index contributed by atoms with van der Waals surface area (Å²) in [5.74, 6) is 0.729. The van der Waals surface area contributed by atoms with Gasteiger partial charge in [0.05, 0.1) is 20.3 Å². The maximum absolute atomic E-state index is 13.1. The first kappa shape index (κ1) is 27.3. The fraction of sp³-hybridized carbons (Fsp3) is 0.704. The first-order chi connectivity index (χ1) is 16.6. The van der Waals surface area contributed by atoms with Crippen LogP contribution in [-0.4, -0.2) is 57.0 Å². The smallest absolute Gasteiger partial charge is 0.246 e. The zero-order valence-electron chi connectivity index (χ0n) is 21.9. The molecular weight excluding hydrogens is 448 g/mol. The van der Waals surface area contributed by atoms with Gasteiger partial charge in [-0.2, -0.15) is 0 Å². The van der Waals surface area contributed by atoms with Crippen LogP contribution < -0.4 is 20.1 Å². The highest BCUT2D eigenvalue weighted by Gasteiger charge is 2.53. The largest absolute Gasteiger partial charge is 0.493 e. The zero-order chi connectivity index (χ0) is 25.8. The van der Waals surface area contributed by atoms with E-state index in [-0.39, 0.29) is 53.5 Å². The normalized spacial score (nSPS) is 31.1. The van der Waals surface area contributed by atoms with Crippen molar-refractivity contribution >= 4 is 11.8 Å². The molecule has 196 valence electrons. The third kappa shape index (κ3) is 5.92. The number of amides is 2. The van der Waals surface area contributed by atoms with E-state index < -0.39 is 6.10 Å². The van der Waals surface area contributed by atoms with Gasteiger partial charge in [0.1, 0.15) is 6.61 Å². The Morgan fingerprint density at radius 2 is 1.83 bits per heavy atom. The average Bonchev–Trinajstić information content (AvgIpc) is 2.84. The van der Waals surface area contributed by atoms with Crippen LogP contribution in [0.15, 0.2) is 18.2 Å². The monoisotopic (exact) mass is 490 g/mol. The lowest BCUT2D eigenvalue weighted by molar-refractivity contribution is -0.144. The Morgan fingerprint density at radius 3 is 2.49 bits per heavy atom. The average molecular weight is 491 g/mol. The van der Waals surface area contributed by atoms with E-state index in [1.807, 2.05) is 25.1 Å². The lowest BCUT2D eigenvalue weighted by atomic mass is 9.51. The molecule has 1 aromatic carbocycles. The van der Waals surface area contributed by atoms with Crippen LogP contribution in [0.2, 0.25) is 0 Å². The summed E-state index contributed by atoms with van der Waals surface area (Å²) in [4.78, 5) is 25.2. The Bertz CT molecular complexity index is 892. The summed E-state index contributed by atoms with van der Waals surface area (Å²) in [6, 6.07) is 5.57. The Hall–Kier alpha value is -2.32. The van der Waals surface area contributed by atoms with Gasteiger partial charge in [-0.3, -0.25) is 9.59 Å². The number of fused-ring (bicyclic) bond motifs is 1. The second-order valence-corrected chi connectivity index (χ2v) is 10.6. The summed E-state index contributed by atoms with van der Waals surface area (Å²) in [5, 5.41) is 17.7. The molecule has 2 amide bonds. The quantitative estimate of drug-likeness (QED) is 0.492. The molecule has 2 aliphatic rings. The van der Waals surface area contributed by atoms with E-state index >= 15 is 0 Å². The molecule has 8 heteroatoms. The van der Waals surface area contributed by atoms with Crippen LogP contribution in [-0.2, 0) is 20.9 Å². The standard InChI is InChI=1S/C27H42N2O6/c1-16(26(32)28-14-18-7-8-21(34-5)22(13-18)35-6)19-9-11-27(3)12-10-20(29-23(30)15-33-4)17(2)24(27)25(19)31/h7-8,13,16-17,19-20,24-25,31H,9-12,14-15H2,1-6H3,(H,28,32)(H,29,30). The van der Waals surface area contributed by atoms with Crippen LogP contribution in [0.3, 0.4) is 0 Å². The van der Waals surface area contributed by atoms with Gasteiger partial charge in [-0.05, 0) is 66.5 Å². The lowest BCUT2D eigenvalue weighted by Gasteiger charge is -2.56. The number of hydrogen-bond donors (Lipinski definition) is 3. The lowest BCUT2D eigenvalue weighted by Crippen LogP contribution is -2.58. The molecule has 0 spiro atoms. The van der Waals surface area contributed by atoms with Gasteiger partial charge in [-0.1, -0.05) is 26.8 Å². The van der Waals surface area contributed by atoms with Crippen molar-refractivity contribution in [1.29, 1.82) is 0 Å². The number of aliphatic hydroxyl groups is 1. The van der Waals surface area contributed by atoms with Gasteiger partial charge in [-0.25, -0.2) is 0 Å². The second kappa shape index (κ2) is 11.6. The highest BCUT2D eigenvalue weighted by Crippen LogP contribution is 2.55. The predicted molar refractivity (Wildman–Crippen MR) is 133 cm³/mol. The van der Waals surface area contributed by atoms with E-state index in [1.165, 1.54) is 7.11 Å². The molecule has 2 fully saturated rings. The summed E-state index contributed by atoms with van der Waals surface area (Å²) in [5.41, 5.74) is 0.920. The summed E-state index contributed by atoms with van der Waals surface area (Å²) < 4.78 is 15.6. The molecule has 2 aliphatic carbocycles. The van der Waals surface area contributed by atoms with Crippen LogP contribution >= 0.6 is 0 Å². The topological polar surface area (TPSA) is 106 Å². The molecule has 0 saturated heterocycles. The minimum Gasteiger partial charge on any atom is -0.493 e. The van der Waals surface area contributed by atoms with Gasteiger partial charge in [0.2, 0.25) is 11.8 Å². The Morgan fingerprint density at radius 1 is 1.14 bits per heavy atom. The molecule has 7 atom stereocenters. The number of methoxy groups -OCH3 is 3. The first-order valence-electron chi connectivity index (χ1n) is 12.6. The van der Waals surface area contributed by atoms with Crippen molar-refractivity contribution in [2.75, 3.05) is 27.9 Å². The van der Waals surface area contributed by atoms with Crippen LogP contribution in [0.4, 0.5) is 0 Å². The van der Waals surface area contributed by atoms with Crippen LogP contribution in [0.1, 0.15) is 52.0 Å². The molecule has 0 heterocycles. The van der Waals surface area contributed by atoms with Crippen molar-refractivity contribution < 1.29 is 28.9 Å². The van der Waals surface area contributed by atoms with Crippen LogP contribution in [0.5, 0.6) is 11.5 Å². The molecule has 3 N–H and O–H groups in total. The van der Waals surface area contributed by atoms with E-state index in [4.69, 9.17) is 14.2 Å². The fourth-order valence-corrected chi connectivity index (χ4v) is 6.41. The maximum Gasteiger partial charge on any atom is 0.246 e. The summed E-state index contributed by atoms with van der Waals surface area (Å²) in [7, 11) is 4.68. The van der Waals surface area contributed by atoms with E-state index in [9.17, 15) is 14.7 Å². The van der Waals surface area contributed by atoms with Crippen LogP contribution in [0, 0.1) is 29.1 Å². The van der Waals surface area contributed by atoms with Crippen molar-refractivity contribution in [3.05, 3.63) is 23.8 Å². The van der Waals surface area contributed by atoms with E-state index in [0.29, 0.717) is 18.0 Å². The third-order valence-electron chi connectivity index (χ3n) is 8.48. The number of aliphatic hydroxyl groups excluding tert-OH is 1. The van der Waals surface area contributed by atoms with E-state index in [0.717, 1.165) is 31.2 Å². The maximum atomic E-state index is 13.1. The number of nitrogens with one attached hydrogen (secondary N) is 2. The van der Waals surface area contributed by atoms with Crippen molar-refractivity contribution in [2.45, 2.75) is 65.1 Å². The van der Waals surface area contributed by atoms with Crippen molar-refractivity contribution in [3.63, 3.8) is 0 Å². The highest BCUT2D eigenvalue weighted by molar-refractivity contribution is 5.79. The fourth-order valence-electron chi connectivity index (χ4n) is 6.41. The number of hydrogen-bond acceptors (Lipinski definition) is 6. The number of benzene rings is 1. The van der Waals surface area contributed by atoms with E-state index in [2.05, 4.69) is 24.5 Å². The molecule has 0 aromatic heterocycles. The highest BCUT2D eigenvalue weighted by atomic mass is 16.5. The van der Waals surface area contributed by atoms with Crippen molar-refractivity contribution in [2.24, 2.45) is 29.1 Å². The third-order valence-corrected chi connectivity index (χ3v) is 8.48. The molecule has 3 rings (SSSR count). The number of ether oxygens (including phenoxy) is 3. The molecule has 1 aromatic rings. The van der Waals surface area contributed by atoms with Gasteiger partial charge < -0.3 is 30.0 Å². The van der Waals surface area contributed by atoms with Gasteiger partial charge in [-0.15, -0.1) is 0 Å². The molecule has 0 radical (unpaired) electrons. The van der Waals surface area contributed by atoms with Crippen molar-refractivity contribution in [3.8, 4) is 11.5 Å². The summed E-state index contributed by atoms with van der Waals surface area (Å²) in [6.07, 6.45) is 3.02. The van der Waals surface area contributed by atoms with Crippen molar-refractivity contribution in [1.82, 2.24) is 10.6 Å². The zero-order valence-corrected chi connectivity index (χ0v) is 21.9. The minimum atomic E-state index is -0.604. The second-order valence-electron chi connectivity index (χ2n) is 10.6. The minimum absolute atomic E-state index is 0.00156. The predicted octanol–water partition coefficient (Wildman–Crippen LogP) is 2.91. The SMILES string of the molecule is COCC(=O)NC1CCC2(C)CCC(C(C)C(=O)NCc3ccc(OC)c(OC)c3)C(O)C2C1C. The summed E-state index contributed by atoms with van der Waals surface area (Å²) in [6.45, 7) is 6.69. The molecule has 0 aliphatic heterocycles. The van der Waals surface area contributed by atoms with Crippen LogP contribution in [0.25, 0.3) is 0 Å². The van der Waals surface area contributed by atoms with Gasteiger partial charge in [0.15, 0.2) is 11.5 Å². The Kier molecular flexibility index (Phi) is 9.05. The molecular formula is C27H42N2O6. The van der Waals surface area contributed by atoms with E-state index in [1.54, 1.807) is 14.2 Å².